The van der Waals surface area contributed by atoms with Crippen molar-refractivity contribution in [3.63, 3.8) is 0 Å². The van der Waals surface area contributed by atoms with Crippen LogP contribution in [-0.4, -0.2) is 6.61 Å². The van der Waals surface area contributed by atoms with Gasteiger partial charge in [-0.25, -0.2) is 0 Å². The van der Waals surface area contributed by atoms with Crippen molar-refractivity contribution >= 4 is 0 Å². The van der Waals surface area contributed by atoms with Crippen molar-refractivity contribution in [1.29, 1.82) is 0 Å². The molecule has 0 aromatic heterocycles. The van der Waals surface area contributed by atoms with Crippen LogP contribution < -0.4 is 4.74 Å². The Hall–Kier alpha value is -2.02. The highest BCUT2D eigenvalue weighted by atomic mass is 16.5. The minimum absolute atomic E-state index is 0.653. The van der Waals surface area contributed by atoms with Crippen LogP contribution in [0.3, 0.4) is 0 Å². The van der Waals surface area contributed by atoms with Gasteiger partial charge in [0.25, 0.3) is 0 Å². The third kappa shape index (κ3) is 5.00. The zero-order valence-electron chi connectivity index (χ0n) is 16.2. The molecule has 2 aromatic rings. The fraction of sp³-hybridized carbons (Fsp3) is 0.440. The molecule has 0 aliphatic heterocycles. The highest BCUT2D eigenvalue weighted by molar-refractivity contribution is 5.40. The summed E-state index contributed by atoms with van der Waals surface area (Å²) in [6, 6.07) is 16.1. The highest BCUT2D eigenvalue weighted by Crippen LogP contribution is 2.34. The Bertz CT molecular complexity index is 699. The standard InChI is InChI=1S/C25H32O/c1-3-5-7-8-20-9-11-21(12-10-20)22-13-14-24-19-25(26-17-6-4-2)16-15-23(24)18-22/h4,9-12,15-16,19,22H,2-3,5-8,13-14,17-18H2,1H3. The van der Waals surface area contributed by atoms with Crippen LogP contribution in [0.4, 0.5) is 0 Å². The number of ether oxygens (including phenoxy) is 1. The molecule has 0 heterocycles. The van der Waals surface area contributed by atoms with Crippen LogP contribution in [0.25, 0.3) is 0 Å². The lowest BCUT2D eigenvalue weighted by molar-refractivity contribution is 0.324. The first-order chi connectivity index (χ1) is 12.8. The second-order valence-corrected chi connectivity index (χ2v) is 7.49. The van der Waals surface area contributed by atoms with Gasteiger partial charge in [0.15, 0.2) is 0 Å². The van der Waals surface area contributed by atoms with E-state index in [2.05, 4.69) is 56.0 Å². The lowest BCUT2D eigenvalue weighted by Crippen LogP contribution is -2.13. The average Bonchev–Trinajstić information content (AvgIpc) is 2.68. The van der Waals surface area contributed by atoms with Gasteiger partial charge in [0.2, 0.25) is 0 Å². The number of rotatable bonds is 9. The Morgan fingerprint density at radius 2 is 1.92 bits per heavy atom. The van der Waals surface area contributed by atoms with Gasteiger partial charge in [0, 0.05) is 0 Å². The van der Waals surface area contributed by atoms with E-state index in [1.54, 1.807) is 0 Å². The molecule has 1 atom stereocenters. The Morgan fingerprint density at radius 1 is 1.08 bits per heavy atom. The normalized spacial score (nSPS) is 16.1. The van der Waals surface area contributed by atoms with E-state index in [1.165, 1.54) is 54.4 Å². The number of hydrogen-bond donors (Lipinski definition) is 0. The van der Waals surface area contributed by atoms with Crippen LogP contribution in [0.15, 0.2) is 55.1 Å². The van der Waals surface area contributed by atoms with Crippen molar-refractivity contribution in [2.75, 3.05) is 6.61 Å². The Kier molecular flexibility index (Phi) is 6.94. The summed E-state index contributed by atoms with van der Waals surface area (Å²) in [5.41, 5.74) is 5.94. The highest BCUT2D eigenvalue weighted by Gasteiger charge is 2.20. The molecule has 0 saturated heterocycles. The first-order valence-corrected chi connectivity index (χ1v) is 10.2. The molecule has 0 amide bonds. The summed E-state index contributed by atoms with van der Waals surface area (Å²) in [5, 5.41) is 0. The molecule has 1 nitrogen and oxygen atoms in total. The van der Waals surface area contributed by atoms with E-state index in [0.29, 0.717) is 5.92 Å². The molecule has 138 valence electrons. The van der Waals surface area contributed by atoms with Gasteiger partial charge in [-0.05, 0) is 78.8 Å². The molecule has 2 aromatic carbocycles. The van der Waals surface area contributed by atoms with Gasteiger partial charge in [-0.3, -0.25) is 0 Å². The van der Waals surface area contributed by atoms with E-state index in [4.69, 9.17) is 4.74 Å². The second kappa shape index (κ2) is 9.62. The van der Waals surface area contributed by atoms with Crippen LogP contribution in [0.1, 0.15) is 67.2 Å². The molecule has 0 spiro atoms. The van der Waals surface area contributed by atoms with Crippen LogP contribution >= 0.6 is 0 Å². The summed E-state index contributed by atoms with van der Waals surface area (Å²) in [4.78, 5) is 0. The van der Waals surface area contributed by atoms with Gasteiger partial charge in [-0.2, -0.15) is 0 Å². The Balaban J connectivity index is 1.60. The lowest BCUT2D eigenvalue weighted by Gasteiger charge is -2.25. The average molecular weight is 349 g/mol. The molecule has 0 bridgehead atoms. The predicted octanol–water partition coefficient (Wildman–Crippen LogP) is 6.65. The third-order valence-corrected chi connectivity index (χ3v) is 5.52. The van der Waals surface area contributed by atoms with Crippen molar-refractivity contribution in [2.45, 2.75) is 64.2 Å². The van der Waals surface area contributed by atoms with Gasteiger partial charge in [0.05, 0.1) is 6.61 Å². The molecule has 3 rings (SSSR count). The van der Waals surface area contributed by atoms with Crippen molar-refractivity contribution in [3.05, 3.63) is 77.4 Å². The van der Waals surface area contributed by atoms with Crippen LogP contribution in [0.2, 0.25) is 0 Å². The molecular weight excluding hydrogens is 316 g/mol. The maximum Gasteiger partial charge on any atom is 0.119 e. The van der Waals surface area contributed by atoms with Gasteiger partial charge in [0.1, 0.15) is 5.75 Å². The fourth-order valence-electron chi connectivity index (χ4n) is 3.90. The van der Waals surface area contributed by atoms with Crippen molar-refractivity contribution in [3.8, 4) is 5.75 Å². The third-order valence-electron chi connectivity index (χ3n) is 5.52. The minimum Gasteiger partial charge on any atom is -0.493 e. The van der Waals surface area contributed by atoms with E-state index < -0.39 is 0 Å². The molecule has 1 aliphatic carbocycles. The van der Waals surface area contributed by atoms with E-state index >= 15 is 0 Å². The van der Waals surface area contributed by atoms with Gasteiger partial charge in [-0.1, -0.05) is 56.2 Å². The fourth-order valence-corrected chi connectivity index (χ4v) is 3.90. The van der Waals surface area contributed by atoms with Crippen molar-refractivity contribution < 1.29 is 4.74 Å². The van der Waals surface area contributed by atoms with Crippen molar-refractivity contribution in [1.82, 2.24) is 0 Å². The Morgan fingerprint density at radius 3 is 2.69 bits per heavy atom. The van der Waals surface area contributed by atoms with Crippen LogP contribution in [0, 0.1) is 0 Å². The Labute approximate surface area is 159 Å². The maximum absolute atomic E-state index is 5.81. The van der Waals surface area contributed by atoms with E-state index in [-0.39, 0.29) is 0 Å². The second-order valence-electron chi connectivity index (χ2n) is 7.49. The molecule has 1 unspecified atom stereocenters. The molecule has 26 heavy (non-hydrogen) atoms. The predicted molar refractivity (Wildman–Crippen MR) is 111 cm³/mol. The number of aryl methyl sites for hydroxylation is 2. The SMILES string of the molecule is C=CCCOc1ccc2c(c1)CCC(c1ccc(CCCCC)cc1)C2. The minimum atomic E-state index is 0.653. The topological polar surface area (TPSA) is 9.23 Å². The summed E-state index contributed by atoms with van der Waals surface area (Å²) in [7, 11) is 0. The van der Waals surface area contributed by atoms with Crippen LogP contribution in [0.5, 0.6) is 5.75 Å². The first-order valence-electron chi connectivity index (χ1n) is 10.2. The summed E-state index contributed by atoms with van der Waals surface area (Å²) in [6.45, 7) is 6.73. The van der Waals surface area contributed by atoms with E-state index in [0.717, 1.165) is 31.6 Å². The largest absolute Gasteiger partial charge is 0.493 e. The van der Waals surface area contributed by atoms with Crippen molar-refractivity contribution in [2.24, 2.45) is 0 Å². The molecule has 0 N–H and O–H groups in total. The van der Waals surface area contributed by atoms with E-state index in [1.807, 2.05) is 6.08 Å². The zero-order valence-corrected chi connectivity index (χ0v) is 16.2. The summed E-state index contributed by atoms with van der Waals surface area (Å²) >= 11 is 0. The number of unbranched alkanes of at least 4 members (excludes halogenated alkanes) is 2. The number of benzene rings is 2. The molecule has 1 heteroatoms. The van der Waals surface area contributed by atoms with E-state index in [9.17, 15) is 0 Å². The molecular formula is C25H32O. The maximum atomic E-state index is 5.81. The zero-order chi connectivity index (χ0) is 18.2. The lowest BCUT2D eigenvalue weighted by atomic mass is 9.80. The number of fused-ring (bicyclic) bond motifs is 1. The van der Waals surface area contributed by atoms with Gasteiger partial charge >= 0.3 is 0 Å². The molecule has 0 radical (unpaired) electrons. The monoisotopic (exact) mass is 348 g/mol. The number of hydrogen-bond acceptors (Lipinski definition) is 1. The molecule has 0 saturated carbocycles. The quantitative estimate of drug-likeness (QED) is 0.364. The van der Waals surface area contributed by atoms with Gasteiger partial charge in [-0.15, -0.1) is 6.58 Å². The first kappa shape index (κ1) is 18.8. The smallest absolute Gasteiger partial charge is 0.119 e. The van der Waals surface area contributed by atoms with Crippen LogP contribution in [-0.2, 0) is 19.3 Å². The molecule has 0 fully saturated rings. The summed E-state index contributed by atoms with van der Waals surface area (Å²) in [6.07, 6.45) is 11.5. The molecule has 1 aliphatic rings. The van der Waals surface area contributed by atoms with Gasteiger partial charge < -0.3 is 4.74 Å². The summed E-state index contributed by atoms with van der Waals surface area (Å²) in [5.74, 6) is 1.65. The summed E-state index contributed by atoms with van der Waals surface area (Å²) < 4.78 is 5.81.